The van der Waals surface area contributed by atoms with Gasteiger partial charge in [-0.05, 0) is 55.9 Å². The smallest absolute Gasteiger partial charge is 0.221 e. The van der Waals surface area contributed by atoms with Crippen molar-refractivity contribution in [3.8, 4) is 5.88 Å². The number of carbonyl (C=O) groups is 1. The molecule has 1 aliphatic carbocycles. The molecule has 1 aliphatic rings. The number of nitrogens with zero attached hydrogens (tertiary/aromatic N) is 1. The Kier molecular flexibility index (Phi) is 8.32. The van der Waals surface area contributed by atoms with Crippen molar-refractivity contribution in [2.24, 2.45) is 5.84 Å². The number of hydrogen-bond donors (Lipinski definition) is 3. The van der Waals surface area contributed by atoms with Crippen LogP contribution in [-0.2, 0) is 11.4 Å². The number of aromatic nitrogens is 1. The second-order valence-corrected chi connectivity index (χ2v) is 6.26. The van der Waals surface area contributed by atoms with Crippen LogP contribution in [0.5, 0.6) is 5.88 Å². The molecule has 0 saturated carbocycles. The molecule has 144 valence electrons. The van der Waals surface area contributed by atoms with Gasteiger partial charge in [-0.25, -0.2) is 10.8 Å². The Labute approximate surface area is 160 Å². The summed E-state index contributed by atoms with van der Waals surface area (Å²) < 4.78 is 5.97. The molecule has 0 aliphatic heterocycles. The fraction of sp³-hybridized carbons (Fsp3) is 0.333. The number of hydrazine groups is 1. The predicted octanol–water partition coefficient (Wildman–Crippen LogP) is 3.57. The first-order chi connectivity index (χ1) is 13.2. The Morgan fingerprint density at radius 3 is 2.67 bits per heavy atom. The molecule has 0 atom stereocenters. The van der Waals surface area contributed by atoms with Gasteiger partial charge < -0.3 is 10.1 Å². The summed E-state index contributed by atoms with van der Waals surface area (Å²) >= 11 is 0. The van der Waals surface area contributed by atoms with Crippen LogP contribution in [0.1, 0.15) is 42.5 Å². The van der Waals surface area contributed by atoms with Crippen molar-refractivity contribution in [2.45, 2.75) is 39.2 Å². The maximum Gasteiger partial charge on any atom is 0.221 e. The monoisotopic (exact) mass is 368 g/mol. The van der Waals surface area contributed by atoms with Crippen LogP contribution in [-0.4, -0.2) is 18.4 Å². The van der Waals surface area contributed by atoms with Crippen LogP contribution in [0, 0.1) is 6.92 Å². The molecule has 1 amide bonds. The SMILES string of the molecule is CNc1cccc(C)c1COc1cccc(C2=CCCCC2)n1.NNC=O. The van der Waals surface area contributed by atoms with Crippen LogP contribution in [0.4, 0.5) is 5.69 Å². The number of allylic oxidation sites excluding steroid dienone is 2. The van der Waals surface area contributed by atoms with Crippen molar-refractivity contribution >= 4 is 17.7 Å². The minimum atomic E-state index is 0.403. The Morgan fingerprint density at radius 2 is 2.00 bits per heavy atom. The largest absolute Gasteiger partial charge is 0.473 e. The summed E-state index contributed by atoms with van der Waals surface area (Å²) in [5.41, 5.74) is 7.67. The van der Waals surface area contributed by atoms with Crippen molar-refractivity contribution < 1.29 is 9.53 Å². The van der Waals surface area contributed by atoms with E-state index < -0.39 is 0 Å². The van der Waals surface area contributed by atoms with Crippen molar-refractivity contribution in [3.63, 3.8) is 0 Å². The highest BCUT2D eigenvalue weighted by Crippen LogP contribution is 2.27. The van der Waals surface area contributed by atoms with Gasteiger partial charge in [0, 0.05) is 24.4 Å². The number of anilines is 1. The van der Waals surface area contributed by atoms with Crippen molar-refractivity contribution in [1.82, 2.24) is 10.4 Å². The fourth-order valence-corrected chi connectivity index (χ4v) is 3.02. The summed E-state index contributed by atoms with van der Waals surface area (Å²) in [6.45, 7) is 2.63. The summed E-state index contributed by atoms with van der Waals surface area (Å²) in [6.07, 6.45) is 7.55. The molecule has 1 heterocycles. The molecule has 3 rings (SSSR count). The van der Waals surface area contributed by atoms with E-state index in [1.54, 1.807) is 5.43 Å². The summed E-state index contributed by atoms with van der Waals surface area (Å²) in [7, 11) is 1.94. The highest BCUT2D eigenvalue weighted by Gasteiger charge is 2.10. The molecule has 0 spiro atoms. The molecule has 0 radical (unpaired) electrons. The number of aryl methyl sites for hydroxylation is 1. The van der Waals surface area contributed by atoms with Gasteiger partial charge in [0.25, 0.3) is 0 Å². The van der Waals surface area contributed by atoms with E-state index in [9.17, 15) is 0 Å². The zero-order valence-electron chi connectivity index (χ0n) is 16.0. The van der Waals surface area contributed by atoms with E-state index in [2.05, 4.69) is 53.4 Å². The van der Waals surface area contributed by atoms with Crippen LogP contribution in [0.25, 0.3) is 5.57 Å². The lowest BCUT2D eigenvalue weighted by molar-refractivity contribution is -0.109. The van der Waals surface area contributed by atoms with Gasteiger partial charge in [0.1, 0.15) is 6.61 Å². The van der Waals surface area contributed by atoms with E-state index in [1.807, 2.05) is 19.2 Å². The number of rotatable bonds is 6. The third-order valence-electron chi connectivity index (χ3n) is 4.46. The van der Waals surface area contributed by atoms with Gasteiger partial charge in [0.15, 0.2) is 0 Å². The van der Waals surface area contributed by atoms with E-state index in [-0.39, 0.29) is 0 Å². The number of nitrogens with two attached hydrogens (primary N) is 1. The van der Waals surface area contributed by atoms with E-state index >= 15 is 0 Å². The van der Waals surface area contributed by atoms with E-state index in [0.717, 1.165) is 24.2 Å². The van der Waals surface area contributed by atoms with Crippen LogP contribution in [0.2, 0.25) is 0 Å². The van der Waals surface area contributed by atoms with Crippen LogP contribution in [0.3, 0.4) is 0 Å². The minimum absolute atomic E-state index is 0.403. The lowest BCUT2D eigenvalue weighted by Crippen LogP contribution is -2.18. The Morgan fingerprint density at radius 1 is 1.22 bits per heavy atom. The lowest BCUT2D eigenvalue weighted by Gasteiger charge is -2.15. The van der Waals surface area contributed by atoms with Gasteiger partial charge in [0.05, 0.1) is 5.69 Å². The van der Waals surface area contributed by atoms with Crippen molar-refractivity contribution in [3.05, 3.63) is 59.3 Å². The molecule has 2 aromatic rings. The van der Waals surface area contributed by atoms with E-state index in [0.29, 0.717) is 18.9 Å². The zero-order chi connectivity index (χ0) is 19.5. The summed E-state index contributed by atoms with van der Waals surface area (Å²) in [5, 5.41) is 3.23. The molecule has 4 N–H and O–H groups in total. The van der Waals surface area contributed by atoms with Gasteiger partial charge in [-0.3, -0.25) is 10.2 Å². The number of hydrogen-bond acceptors (Lipinski definition) is 5. The molecule has 27 heavy (non-hydrogen) atoms. The van der Waals surface area contributed by atoms with Crippen LogP contribution < -0.4 is 21.3 Å². The third-order valence-corrected chi connectivity index (χ3v) is 4.46. The average Bonchev–Trinajstić information content (AvgIpc) is 2.73. The topological polar surface area (TPSA) is 89.3 Å². The van der Waals surface area contributed by atoms with Gasteiger partial charge in [-0.1, -0.05) is 24.3 Å². The Balaban J connectivity index is 0.000000596. The molecule has 6 nitrogen and oxygen atoms in total. The first kappa shape index (κ1) is 20.5. The molecule has 6 heteroatoms. The fourth-order valence-electron chi connectivity index (χ4n) is 3.02. The molecule has 0 bridgehead atoms. The standard InChI is InChI=1S/C20H24N2O.CH4N2O/c1-15-8-6-12-19(21-2)17(15)14-23-20-13-7-11-18(22-20)16-9-4-3-5-10-16;2-3-1-4/h6-9,11-13,21H,3-5,10,14H2,1-2H3;1H,2H2,(H,3,4). The molecule has 1 aromatic heterocycles. The van der Waals surface area contributed by atoms with Crippen LogP contribution in [0.15, 0.2) is 42.5 Å². The molecular formula is C21H28N4O2. The zero-order valence-corrected chi connectivity index (χ0v) is 16.0. The summed E-state index contributed by atoms with van der Waals surface area (Å²) in [4.78, 5) is 13.6. The molecule has 1 aromatic carbocycles. The van der Waals surface area contributed by atoms with E-state index in [1.165, 1.54) is 29.5 Å². The van der Waals surface area contributed by atoms with Gasteiger partial charge >= 0.3 is 0 Å². The second-order valence-electron chi connectivity index (χ2n) is 6.26. The predicted molar refractivity (Wildman–Crippen MR) is 109 cm³/mol. The first-order valence-corrected chi connectivity index (χ1v) is 9.15. The number of amides is 1. The average molecular weight is 368 g/mol. The quantitative estimate of drug-likeness (QED) is 0.314. The first-order valence-electron chi connectivity index (χ1n) is 9.15. The van der Waals surface area contributed by atoms with Crippen molar-refractivity contribution in [1.29, 1.82) is 0 Å². The number of benzene rings is 1. The summed E-state index contributed by atoms with van der Waals surface area (Å²) in [6, 6.07) is 12.3. The summed E-state index contributed by atoms with van der Waals surface area (Å²) in [5.74, 6) is 5.10. The molecule has 0 fully saturated rings. The maximum atomic E-state index is 8.94. The van der Waals surface area contributed by atoms with Gasteiger partial charge in [-0.15, -0.1) is 0 Å². The Hall–Kier alpha value is -2.86. The van der Waals surface area contributed by atoms with Crippen molar-refractivity contribution in [2.75, 3.05) is 12.4 Å². The number of pyridine rings is 1. The molecule has 0 unspecified atom stereocenters. The van der Waals surface area contributed by atoms with Gasteiger partial charge in [-0.2, -0.15) is 0 Å². The van der Waals surface area contributed by atoms with Gasteiger partial charge in [0.2, 0.25) is 12.3 Å². The normalized spacial score (nSPS) is 12.9. The van der Waals surface area contributed by atoms with E-state index in [4.69, 9.17) is 9.53 Å². The number of ether oxygens (including phenoxy) is 1. The third kappa shape index (κ3) is 6.11. The maximum absolute atomic E-state index is 8.94. The molecular weight excluding hydrogens is 340 g/mol. The highest BCUT2D eigenvalue weighted by molar-refractivity contribution is 5.63. The lowest BCUT2D eigenvalue weighted by atomic mass is 9.97. The number of carbonyl (C=O) groups excluding carboxylic acids is 1. The number of nitrogens with one attached hydrogen (secondary N) is 2. The molecule has 0 saturated heterocycles. The minimum Gasteiger partial charge on any atom is -0.473 e. The highest BCUT2D eigenvalue weighted by atomic mass is 16.5. The van der Waals surface area contributed by atoms with Crippen LogP contribution >= 0.6 is 0 Å². The second kappa shape index (κ2) is 11.0. The Bertz CT molecular complexity index is 775.